The van der Waals surface area contributed by atoms with E-state index in [4.69, 9.17) is 15.1 Å². The zero-order chi connectivity index (χ0) is 14.0. The summed E-state index contributed by atoms with van der Waals surface area (Å²) in [5.74, 6) is -1.03. The molecule has 2 atom stereocenters. The molecule has 3 N–H and O–H groups in total. The highest BCUT2D eigenvalue weighted by atomic mass is 16.5. The quantitative estimate of drug-likeness (QED) is 0.751. The monoisotopic (exact) mass is 262 g/mol. The van der Waals surface area contributed by atoms with E-state index in [2.05, 4.69) is 5.32 Å². The second-order valence-electron chi connectivity index (χ2n) is 4.45. The van der Waals surface area contributed by atoms with Crippen molar-refractivity contribution in [1.29, 1.82) is 5.26 Å². The van der Waals surface area contributed by atoms with E-state index in [9.17, 15) is 9.90 Å². The first kappa shape index (κ1) is 13.2. The summed E-state index contributed by atoms with van der Waals surface area (Å²) in [6.45, 7) is 0.355. The van der Waals surface area contributed by atoms with E-state index in [0.717, 1.165) is 0 Å². The van der Waals surface area contributed by atoms with Gasteiger partial charge in [0.1, 0.15) is 17.6 Å². The summed E-state index contributed by atoms with van der Waals surface area (Å²) in [5.41, 5.74) is 0.844. The smallest absolute Gasteiger partial charge is 0.307 e. The molecule has 19 heavy (non-hydrogen) atoms. The van der Waals surface area contributed by atoms with Crippen molar-refractivity contribution >= 4 is 5.97 Å². The molecule has 6 heteroatoms. The van der Waals surface area contributed by atoms with Gasteiger partial charge in [0.25, 0.3) is 0 Å². The van der Waals surface area contributed by atoms with E-state index in [1.807, 2.05) is 6.07 Å². The van der Waals surface area contributed by atoms with Crippen molar-refractivity contribution in [2.45, 2.75) is 12.5 Å². The first-order chi connectivity index (χ1) is 9.06. The number of rotatable bonds is 3. The normalized spacial score (nSPS) is 21.9. The highest BCUT2D eigenvalue weighted by molar-refractivity contribution is 5.71. The Balaban J connectivity index is 2.31. The topological polar surface area (TPSA) is 103 Å². The van der Waals surface area contributed by atoms with Crippen molar-refractivity contribution in [3.05, 3.63) is 23.3 Å². The van der Waals surface area contributed by atoms with Crippen LogP contribution in [0.25, 0.3) is 0 Å². The molecule has 100 valence electrons. The molecule has 0 saturated carbocycles. The summed E-state index contributed by atoms with van der Waals surface area (Å²) in [6.07, 6.45) is 0.389. The van der Waals surface area contributed by atoms with Crippen LogP contribution in [0.4, 0.5) is 0 Å². The number of phenols is 1. The summed E-state index contributed by atoms with van der Waals surface area (Å²) < 4.78 is 5.00. The van der Waals surface area contributed by atoms with Crippen LogP contribution in [0.5, 0.6) is 11.5 Å². The fourth-order valence-electron chi connectivity index (χ4n) is 2.28. The van der Waals surface area contributed by atoms with Crippen molar-refractivity contribution in [2.75, 3.05) is 13.7 Å². The fourth-order valence-corrected chi connectivity index (χ4v) is 2.28. The van der Waals surface area contributed by atoms with E-state index in [0.29, 0.717) is 29.8 Å². The van der Waals surface area contributed by atoms with Crippen LogP contribution in [-0.4, -0.2) is 29.8 Å². The number of nitrogens with one attached hydrogen (secondary N) is 1. The van der Waals surface area contributed by atoms with E-state index < -0.39 is 11.9 Å². The van der Waals surface area contributed by atoms with Gasteiger partial charge < -0.3 is 20.3 Å². The molecule has 1 heterocycles. The molecular weight excluding hydrogens is 248 g/mol. The Morgan fingerprint density at radius 2 is 2.32 bits per heavy atom. The Morgan fingerprint density at radius 3 is 2.84 bits per heavy atom. The van der Waals surface area contributed by atoms with Crippen LogP contribution in [0.2, 0.25) is 0 Å². The zero-order valence-corrected chi connectivity index (χ0v) is 10.4. The number of hydrogen-bond donors (Lipinski definition) is 3. The molecule has 1 aromatic carbocycles. The highest BCUT2D eigenvalue weighted by Crippen LogP contribution is 2.36. The number of carboxylic acid groups (broad SMARTS) is 1. The van der Waals surface area contributed by atoms with Gasteiger partial charge in [-0.15, -0.1) is 0 Å². The van der Waals surface area contributed by atoms with E-state index in [1.165, 1.54) is 19.2 Å². The first-order valence-electron chi connectivity index (χ1n) is 5.84. The average Bonchev–Trinajstić information content (AvgIpc) is 2.87. The molecule has 2 unspecified atom stereocenters. The molecule has 0 aromatic heterocycles. The number of methoxy groups -OCH3 is 1. The van der Waals surface area contributed by atoms with Crippen LogP contribution in [0, 0.1) is 17.2 Å². The Kier molecular flexibility index (Phi) is 3.58. The molecule has 0 aliphatic carbocycles. The first-order valence-corrected chi connectivity index (χ1v) is 5.84. The van der Waals surface area contributed by atoms with Crippen LogP contribution >= 0.6 is 0 Å². The Morgan fingerprint density at radius 1 is 1.58 bits per heavy atom. The molecule has 1 fully saturated rings. The number of aromatic hydroxyl groups is 1. The van der Waals surface area contributed by atoms with Gasteiger partial charge in [-0.3, -0.25) is 4.79 Å². The maximum Gasteiger partial charge on any atom is 0.307 e. The molecular formula is C13H14N2O4. The molecule has 2 rings (SSSR count). The van der Waals surface area contributed by atoms with Crippen molar-refractivity contribution in [3.63, 3.8) is 0 Å². The SMILES string of the molecule is COc1cc(O)c(C2CC(C(=O)O)CN2)cc1C#N. The number of benzene rings is 1. The number of nitrogens with zero attached hydrogens (tertiary/aromatic N) is 1. The maximum atomic E-state index is 10.9. The molecule has 1 aliphatic heterocycles. The molecule has 0 bridgehead atoms. The van der Waals surface area contributed by atoms with E-state index in [-0.39, 0.29) is 11.8 Å². The third-order valence-electron chi connectivity index (χ3n) is 3.32. The van der Waals surface area contributed by atoms with E-state index in [1.54, 1.807) is 0 Å². The minimum Gasteiger partial charge on any atom is -0.507 e. The molecule has 1 saturated heterocycles. The van der Waals surface area contributed by atoms with Gasteiger partial charge in [-0.25, -0.2) is 0 Å². The van der Waals surface area contributed by atoms with Crippen LogP contribution in [0.3, 0.4) is 0 Å². The fraction of sp³-hybridized carbons (Fsp3) is 0.385. The van der Waals surface area contributed by atoms with Crippen LogP contribution in [0.1, 0.15) is 23.6 Å². The van der Waals surface area contributed by atoms with E-state index >= 15 is 0 Å². The lowest BCUT2D eigenvalue weighted by atomic mass is 9.97. The van der Waals surface area contributed by atoms with Gasteiger partial charge >= 0.3 is 5.97 Å². The van der Waals surface area contributed by atoms with Gasteiger partial charge in [0, 0.05) is 24.2 Å². The van der Waals surface area contributed by atoms with Gasteiger partial charge in [0.15, 0.2) is 0 Å². The van der Waals surface area contributed by atoms with Gasteiger partial charge in [-0.05, 0) is 12.5 Å². The minimum atomic E-state index is -0.858. The number of nitriles is 1. The number of carbonyl (C=O) groups is 1. The third kappa shape index (κ3) is 2.46. The predicted molar refractivity (Wildman–Crippen MR) is 65.9 cm³/mol. The highest BCUT2D eigenvalue weighted by Gasteiger charge is 2.32. The third-order valence-corrected chi connectivity index (χ3v) is 3.32. The second kappa shape index (κ2) is 5.16. The number of ether oxygens (including phenoxy) is 1. The molecule has 1 aliphatic rings. The van der Waals surface area contributed by atoms with Crippen molar-refractivity contribution in [2.24, 2.45) is 5.92 Å². The van der Waals surface area contributed by atoms with Crippen LogP contribution < -0.4 is 10.1 Å². The summed E-state index contributed by atoms with van der Waals surface area (Å²) in [5, 5.41) is 31.0. The van der Waals surface area contributed by atoms with Crippen LogP contribution in [-0.2, 0) is 4.79 Å². The largest absolute Gasteiger partial charge is 0.507 e. The zero-order valence-electron chi connectivity index (χ0n) is 10.4. The molecule has 0 radical (unpaired) electrons. The molecule has 6 nitrogen and oxygen atoms in total. The lowest BCUT2D eigenvalue weighted by molar-refractivity contribution is -0.141. The number of carboxylic acids is 1. The Hall–Kier alpha value is -2.26. The van der Waals surface area contributed by atoms with Gasteiger partial charge in [-0.1, -0.05) is 0 Å². The van der Waals surface area contributed by atoms with Gasteiger partial charge in [0.05, 0.1) is 18.6 Å². The number of phenolic OH excluding ortho intramolecular Hbond substituents is 1. The summed E-state index contributed by atoms with van der Waals surface area (Å²) >= 11 is 0. The standard InChI is InChI=1S/C13H14N2O4/c1-19-12-4-11(16)9(2-7(12)5-14)10-3-8(6-15-10)13(17)18/h2,4,8,10,15-16H,3,6H2,1H3,(H,17,18). The minimum absolute atomic E-state index is 0.000566. The summed E-state index contributed by atoms with van der Waals surface area (Å²) in [7, 11) is 1.42. The molecule has 0 spiro atoms. The van der Waals surface area contributed by atoms with Crippen molar-refractivity contribution in [1.82, 2.24) is 5.32 Å². The lowest BCUT2D eigenvalue weighted by Crippen LogP contribution is -2.17. The Bertz CT molecular complexity index is 550. The number of hydrogen-bond acceptors (Lipinski definition) is 5. The van der Waals surface area contributed by atoms with Crippen molar-refractivity contribution < 1.29 is 19.7 Å². The second-order valence-corrected chi connectivity index (χ2v) is 4.45. The van der Waals surface area contributed by atoms with Crippen LogP contribution in [0.15, 0.2) is 12.1 Å². The average molecular weight is 262 g/mol. The predicted octanol–water partition coefficient (Wildman–Crippen LogP) is 1.01. The van der Waals surface area contributed by atoms with Gasteiger partial charge in [-0.2, -0.15) is 5.26 Å². The number of aliphatic carboxylic acids is 1. The molecule has 1 aromatic rings. The molecule has 0 amide bonds. The lowest BCUT2D eigenvalue weighted by Gasteiger charge is -2.14. The Labute approximate surface area is 110 Å². The summed E-state index contributed by atoms with van der Waals surface area (Å²) in [6, 6.07) is 4.64. The maximum absolute atomic E-state index is 10.9. The summed E-state index contributed by atoms with van der Waals surface area (Å²) in [4.78, 5) is 10.9. The van der Waals surface area contributed by atoms with Crippen molar-refractivity contribution in [3.8, 4) is 17.6 Å². The van der Waals surface area contributed by atoms with Gasteiger partial charge in [0.2, 0.25) is 0 Å².